The van der Waals surface area contributed by atoms with Gasteiger partial charge in [0.15, 0.2) is 0 Å². The van der Waals surface area contributed by atoms with Crippen molar-refractivity contribution in [2.24, 2.45) is 0 Å². The van der Waals surface area contributed by atoms with Gasteiger partial charge in [0.2, 0.25) is 0 Å². The number of carbonyl (C=O) groups is 1. The van der Waals surface area contributed by atoms with Gasteiger partial charge in [-0.1, -0.05) is 30.3 Å². The number of ether oxygens (including phenoxy) is 2. The molecule has 2 aromatic carbocycles. The van der Waals surface area contributed by atoms with Crippen molar-refractivity contribution in [3.63, 3.8) is 0 Å². The van der Waals surface area contributed by atoms with Gasteiger partial charge in [0.05, 0.1) is 7.11 Å². The number of nitrogens with zero attached hydrogens (tertiary/aromatic N) is 1. The zero-order valence-electron chi connectivity index (χ0n) is 11.6. The molecule has 0 aliphatic heterocycles. The summed E-state index contributed by atoms with van der Waals surface area (Å²) < 4.78 is 10.4. The van der Waals surface area contributed by atoms with Crippen molar-refractivity contribution in [3.8, 4) is 11.5 Å². The Morgan fingerprint density at radius 1 is 1.00 bits per heavy atom. The predicted octanol–water partition coefficient (Wildman–Crippen LogP) is 3.33. The Morgan fingerprint density at radius 3 is 2.25 bits per heavy atom. The highest BCUT2D eigenvalue weighted by Gasteiger charge is 2.11. The van der Waals surface area contributed by atoms with Crippen molar-refractivity contribution < 1.29 is 14.3 Å². The Kier molecular flexibility index (Phi) is 4.60. The molecule has 0 atom stereocenters. The Hall–Kier alpha value is -2.49. The summed E-state index contributed by atoms with van der Waals surface area (Å²) in [5.41, 5.74) is 1.01. The summed E-state index contributed by atoms with van der Waals surface area (Å²) in [5.74, 6) is 1.34. The first kappa shape index (κ1) is 13.9. The van der Waals surface area contributed by atoms with Crippen LogP contribution in [0.25, 0.3) is 0 Å². The molecule has 0 bridgehead atoms. The summed E-state index contributed by atoms with van der Waals surface area (Å²) in [7, 11) is 3.33. The van der Waals surface area contributed by atoms with Gasteiger partial charge in [0.1, 0.15) is 11.5 Å². The van der Waals surface area contributed by atoms with Crippen LogP contribution in [0.15, 0.2) is 54.6 Å². The van der Waals surface area contributed by atoms with E-state index in [-0.39, 0.29) is 6.09 Å². The van der Waals surface area contributed by atoms with Crippen LogP contribution >= 0.6 is 0 Å². The highest BCUT2D eigenvalue weighted by atomic mass is 16.6. The second-order valence-corrected chi connectivity index (χ2v) is 4.39. The van der Waals surface area contributed by atoms with E-state index in [1.54, 1.807) is 26.3 Å². The quantitative estimate of drug-likeness (QED) is 0.856. The fraction of sp³-hybridized carbons (Fsp3) is 0.188. The maximum atomic E-state index is 11.9. The van der Waals surface area contributed by atoms with Crippen LogP contribution in [0.1, 0.15) is 5.56 Å². The van der Waals surface area contributed by atoms with Crippen LogP contribution in [0.5, 0.6) is 11.5 Å². The zero-order chi connectivity index (χ0) is 14.4. The number of methoxy groups -OCH3 is 1. The highest BCUT2D eigenvalue weighted by molar-refractivity contribution is 5.70. The minimum atomic E-state index is -0.382. The molecule has 104 valence electrons. The molecule has 2 rings (SSSR count). The lowest BCUT2D eigenvalue weighted by Crippen LogP contribution is -2.29. The lowest BCUT2D eigenvalue weighted by molar-refractivity contribution is 0.161. The van der Waals surface area contributed by atoms with Crippen LogP contribution < -0.4 is 9.47 Å². The van der Waals surface area contributed by atoms with E-state index in [2.05, 4.69) is 0 Å². The van der Waals surface area contributed by atoms with Gasteiger partial charge in [0, 0.05) is 13.6 Å². The average Bonchev–Trinajstić information content (AvgIpc) is 2.49. The van der Waals surface area contributed by atoms with Crippen LogP contribution in [0.2, 0.25) is 0 Å². The number of rotatable bonds is 4. The third kappa shape index (κ3) is 3.75. The fourth-order valence-electron chi connectivity index (χ4n) is 1.74. The topological polar surface area (TPSA) is 38.8 Å². The molecule has 0 fully saturated rings. The largest absolute Gasteiger partial charge is 0.497 e. The Labute approximate surface area is 118 Å². The lowest BCUT2D eigenvalue weighted by Gasteiger charge is -2.17. The number of amides is 1. The number of benzene rings is 2. The van der Waals surface area contributed by atoms with Crippen LogP contribution in [0.4, 0.5) is 4.79 Å². The van der Waals surface area contributed by atoms with E-state index >= 15 is 0 Å². The van der Waals surface area contributed by atoms with Crippen LogP contribution in [-0.4, -0.2) is 25.2 Å². The first-order chi connectivity index (χ1) is 9.69. The predicted molar refractivity (Wildman–Crippen MR) is 76.9 cm³/mol. The molecule has 0 spiro atoms. The van der Waals surface area contributed by atoms with Crippen molar-refractivity contribution in [1.82, 2.24) is 4.90 Å². The van der Waals surface area contributed by atoms with Crippen LogP contribution in [0.3, 0.4) is 0 Å². The summed E-state index contributed by atoms with van der Waals surface area (Å²) in [5, 5.41) is 0. The van der Waals surface area contributed by atoms with E-state index in [9.17, 15) is 4.79 Å². The minimum absolute atomic E-state index is 0.382. The van der Waals surface area contributed by atoms with Gasteiger partial charge in [0.25, 0.3) is 0 Å². The molecule has 4 heteroatoms. The molecule has 0 saturated heterocycles. The van der Waals surface area contributed by atoms with Crippen molar-refractivity contribution in [2.75, 3.05) is 14.2 Å². The molecule has 0 aliphatic rings. The smallest absolute Gasteiger partial charge is 0.415 e. The first-order valence-corrected chi connectivity index (χ1v) is 6.30. The van der Waals surface area contributed by atoms with E-state index in [1.807, 2.05) is 42.5 Å². The second-order valence-electron chi connectivity index (χ2n) is 4.39. The van der Waals surface area contributed by atoms with Gasteiger partial charge >= 0.3 is 6.09 Å². The summed E-state index contributed by atoms with van der Waals surface area (Å²) in [6, 6.07) is 16.6. The standard InChI is InChI=1S/C16H17NO3/c1-17(12-13-8-10-14(19-2)11-9-13)16(18)20-15-6-4-3-5-7-15/h3-11H,12H2,1-2H3. The van der Waals surface area contributed by atoms with E-state index in [4.69, 9.17) is 9.47 Å². The van der Waals surface area contributed by atoms with Crippen molar-refractivity contribution in [2.45, 2.75) is 6.54 Å². The van der Waals surface area contributed by atoms with Gasteiger partial charge < -0.3 is 14.4 Å². The molecule has 0 aliphatic carbocycles. The SMILES string of the molecule is COc1ccc(CN(C)C(=O)Oc2ccccc2)cc1. The van der Waals surface area contributed by atoms with E-state index in [0.717, 1.165) is 11.3 Å². The Balaban J connectivity index is 1.93. The lowest BCUT2D eigenvalue weighted by atomic mass is 10.2. The maximum absolute atomic E-state index is 11.9. The number of hydrogen-bond acceptors (Lipinski definition) is 3. The van der Waals surface area contributed by atoms with Crippen LogP contribution in [-0.2, 0) is 6.54 Å². The highest BCUT2D eigenvalue weighted by Crippen LogP contribution is 2.14. The molecule has 0 heterocycles. The first-order valence-electron chi connectivity index (χ1n) is 6.30. The van der Waals surface area contributed by atoms with Crippen molar-refractivity contribution in [3.05, 3.63) is 60.2 Å². The van der Waals surface area contributed by atoms with Gasteiger partial charge in [-0.2, -0.15) is 0 Å². The number of carbonyl (C=O) groups excluding carboxylic acids is 1. The third-order valence-electron chi connectivity index (χ3n) is 2.84. The van der Waals surface area contributed by atoms with Gasteiger partial charge in [-0.25, -0.2) is 4.79 Å². The van der Waals surface area contributed by atoms with Crippen LogP contribution in [0, 0.1) is 0 Å². The van der Waals surface area contributed by atoms with E-state index < -0.39 is 0 Å². The summed E-state index contributed by atoms with van der Waals surface area (Å²) >= 11 is 0. The molecular weight excluding hydrogens is 254 g/mol. The monoisotopic (exact) mass is 271 g/mol. The number of hydrogen-bond donors (Lipinski definition) is 0. The third-order valence-corrected chi connectivity index (χ3v) is 2.84. The fourth-order valence-corrected chi connectivity index (χ4v) is 1.74. The molecule has 0 unspecified atom stereocenters. The molecule has 4 nitrogen and oxygen atoms in total. The normalized spacial score (nSPS) is 9.90. The van der Waals surface area contributed by atoms with Gasteiger partial charge in [-0.3, -0.25) is 0 Å². The number of para-hydroxylation sites is 1. The Morgan fingerprint density at radius 2 is 1.65 bits per heavy atom. The summed E-state index contributed by atoms with van der Waals surface area (Å²) in [6.07, 6.45) is -0.382. The molecule has 0 aromatic heterocycles. The van der Waals surface area contributed by atoms with Gasteiger partial charge in [-0.15, -0.1) is 0 Å². The molecule has 20 heavy (non-hydrogen) atoms. The second kappa shape index (κ2) is 6.61. The van der Waals surface area contributed by atoms with Gasteiger partial charge in [-0.05, 0) is 29.8 Å². The molecular formula is C16H17NO3. The van der Waals surface area contributed by atoms with E-state index in [1.165, 1.54) is 4.90 Å². The Bertz CT molecular complexity index is 552. The summed E-state index contributed by atoms with van der Waals surface area (Å²) in [4.78, 5) is 13.4. The average molecular weight is 271 g/mol. The molecule has 0 radical (unpaired) electrons. The zero-order valence-corrected chi connectivity index (χ0v) is 11.6. The minimum Gasteiger partial charge on any atom is -0.497 e. The van der Waals surface area contributed by atoms with E-state index in [0.29, 0.717) is 12.3 Å². The maximum Gasteiger partial charge on any atom is 0.415 e. The van der Waals surface area contributed by atoms with Crippen molar-refractivity contribution >= 4 is 6.09 Å². The molecule has 0 N–H and O–H groups in total. The summed E-state index contributed by atoms with van der Waals surface area (Å²) in [6.45, 7) is 0.482. The van der Waals surface area contributed by atoms with Crippen molar-refractivity contribution in [1.29, 1.82) is 0 Å². The molecule has 2 aromatic rings. The molecule has 1 amide bonds. The molecule has 0 saturated carbocycles.